The Kier molecular flexibility index (Phi) is 4.05. The van der Waals surface area contributed by atoms with Gasteiger partial charge < -0.3 is 9.88 Å². The molecule has 1 aliphatic rings. The average Bonchev–Trinajstić information content (AvgIpc) is 2.97. The predicted octanol–water partition coefficient (Wildman–Crippen LogP) is 2.75. The number of rotatable bonds is 3. The first-order valence-electron chi connectivity index (χ1n) is 7.93. The van der Waals surface area contributed by atoms with Crippen molar-refractivity contribution in [1.82, 2.24) is 25.1 Å². The number of thioether (sulfide) groups is 1. The van der Waals surface area contributed by atoms with Crippen molar-refractivity contribution in [2.75, 3.05) is 18.8 Å². The van der Waals surface area contributed by atoms with Gasteiger partial charge in [0.25, 0.3) is 0 Å². The summed E-state index contributed by atoms with van der Waals surface area (Å²) >= 11 is 1.28. The number of halogens is 1. The highest BCUT2D eigenvalue weighted by Gasteiger charge is 2.17. The topological polar surface area (TPSA) is 74.8 Å². The van der Waals surface area contributed by atoms with E-state index in [0.717, 1.165) is 31.4 Å². The van der Waals surface area contributed by atoms with Gasteiger partial charge in [-0.1, -0.05) is 11.8 Å². The molecule has 24 heavy (non-hydrogen) atoms. The van der Waals surface area contributed by atoms with Crippen LogP contribution in [0.3, 0.4) is 0 Å². The van der Waals surface area contributed by atoms with Gasteiger partial charge in [0, 0.05) is 24.0 Å². The van der Waals surface area contributed by atoms with Crippen molar-refractivity contribution in [3.05, 3.63) is 24.0 Å². The lowest BCUT2D eigenvalue weighted by molar-refractivity contribution is -0.129. The number of hydrogen-bond acceptors (Lipinski definition) is 5. The van der Waals surface area contributed by atoms with Crippen LogP contribution in [-0.2, 0) is 4.79 Å². The molecule has 1 fully saturated rings. The second-order valence-corrected chi connectivity index (χ2v) is 6.78. The third kappa shape index (κ3) is 2.93. The number of amides is 1. The standard InChI is InChI=1S/C16H16FN5OS/c17-10-4-5-12-11(8-10)14-15(18-12)19-16(21-20-14)24-9-13(23)22-6-2-1-3-7-22/h4-5,8H,1-3,6-7,9H2,(H,18,19,21). The minimum atomic E-state index is -0.323. The van der Waals surface area contributed by atoms with Gasteiger partial charge in [-0.25, -0.2) is 9.37 Å². The van der Waals surface area contributed by atoms with E-state index in [1.807, 2.05) is 4.90 Å². The molecule has 0 spiro atoms. The van der Waals surface area contributed by atoms with Crippen LogP contribution >= 0.6 is 11.8 Å². The molecule has 0 aliphatic carbocycles. The van der Waals surface area contributed by atoms with Crippen LogP contribution in [0.15, 0.2) is 23.4 Å². The first kappa shape index (κ1) is 15.3. The van der Waals surface area contributed by atoms with Crippen LogP contribution < -0.4 is 0 Å². The average molecular weight is 345 g/mol. The number of aromatic nitrogens is 4. The van der Waals surface area contributed by atoms with Crippen molar-refractivity contribution in [3.8, 4) is 0 Å². The van der Waals surface area contributed by atoms with E-state index < -0.39 is 0 Å². The summed E-state index contributed by atoms with van der Waals surface area (Å²) in [6.45, 7) is 1.68. The first-order chi connectivity index (χ1) is 11.7. The van der Waals surface area contributed by atoms with E-state index in [2.05, 4.69) is 20.2 Å². The molecule has 6 nitrogen and oxygen atoms in total. The number of likely N-dealkylation sites (tertiary alicyclic amines) is 1. The smallest absolute Gasteiger partial charge is 0.233 e. The highest BCUT2D eigenvalue weighted by Crippen LogP contribution is 2.24. The monoisotopic (exact) mass is 345 g/mol. The van der Waals surface area contributed by atoms with Crippen LogP contribution in [0, 0.1) is 5.82 Å². The van der Waals surface area contributed by atoms with E-state index in [1.165, 1.54) is 30.3 Å². The number of nitrogens with one attached hydrogen (secondary N) is 1. The van der Waals surface area contributed by atoms with Crippen molar-refractivity contribution in [2.45, 2.75) is 24.4 Å². The molecular formula is C16H16FN5OS. The van der Waals surface area contributed by atoms with Gasteiger partial charge in [-0.15, -0.1) is 10.2 Å². The molecule has 0 atom stereocenters. The lowest BCUT2D eigenvalue weighted by Gasteiger charge is -2.26. The molecule has 0 radical (unpaired) electrons. The van der Waals surface area contributed by atoms with Gasteiger partial charge in [0.1, 0.15) is 11.3 Å². The van der Waals surface area contributed by atoms with Crippen molar-refractivity contribution < 1.29 is 9.18 Å². The van der Waals surface area contributed by atoms with Gasteiger partial charge >= 0.3 is 0 Å². The lowest BCUT2D eigenvalue weighted by atomic mass is 10.1. The number of H-pyrrole nitrogens is 1. The van der Waals surface area contributed by atoms with Gasteiger partial charge in [-0.05, 0) is 37.5 Å². The summed E-state index contributed by atoms with van der Waals surface area (Å²) in [4.78, 5) is 21.6. The molecule has 4 rings (SSSR count). The fraction of sp³-hybridized carbons (Fsp3) is 0.375. The molecule has 1 N–H and O–H groups in total. The van der Waals surface area contributed by atoms with E-state index in [4.69, 9.17) is 0 Å². The Morgan fingerprint density at radius 1 is 1.25 bits per heavy atom. The van der Waals surface area contributed by atoms with E-state index in [0.29, 0.717) is 27.5 Å². The van der Waals surface area contributed by atoms with Gasteiger partial charge in [-0.3, -0.25) is 4.79 Å². The zero-order chi connectivity index (χ0) is 16.5. The Morgan fingerprint density at radius 3 is 2.92 bits per heavy atom. The third-order valence-corrected chi connectivity index (χ3v) is 5.01. The Labute approximate surface area is 141 Å². The summed E-state index contributed by atoms with van der Waals surface area (Å²) in [6, 6.07) is 4.45. The number of hydrogen-bond donors (Lipinski definition) is 1. The maximum absolute atomic E-state index is 13.4. The van der Waals surface area contributed by atoms with E-state index in [9.17, 15) is 9.18 Å². The van der Waals surface area contributed by atoms with E-state index in [1.54, 1.807) is 6.07 Å². The second-order valence-electron chi connectivity index (χ2n) is 5.84. The number of benzene rings is 1. The Balaban J connectivity index is 1.52. The number of aromatic amines is 1. The number of carbonyl (C=O) groups excluding carboxylic acids is 1. The predicted molar refractivity (Wildman–Crippen MR) is 90.3 cm³/mol. The molecule has 2 aromatic heterocycles. The molecule has 124 valence electrons. The highest BCUT2D eigenvalue weighted by atomic mass is 32.2. The van der Waals surface area contributed by atoms with Crippen LogP contribution in [0.4, 0.5) is 4.39 Å². The largest absolute Gasteiger partial charge is 0.342 e. The minimum absolute atomic E-state index is 0.113. The molecule has 3 heterocycles. The fourth-order valence-corrected chi connectivity index (χ4v) is 3.64. The Morgan fingerprint density at radius 2 is 2.08 bits per heavy atom. The first-order valence-corrected chi connectivity index (χ1v) is 8.91. The highest BCUT2D eigenvalue weighted by molar-refractivity contribution is 7.99. The molecule has 0 unspecified atom stereocenters. The zero-order valence-electron chi connectivity index (χ0n) is 13.0. The molecule has 1 amide bonds. The van der Waals surface area contributed by atoms with Crippen LogP contribution in [0.25, 0.3) is 22.1 Å². The van der Waals surface area contributed by atoms with E-state index >= 15 is 0 Å². The van der Waals surface area contributed by atoms with Crippen molar-refractivity contribution in [1.29, 1.82) is 0 Å². The maximum Gasteiger partial charge on any atom is 0.233 e. The summed E-state index contributed by atoms with van der Waals surface area (Å²) in [7, 11) is 0. The van der Waals surface area contributed by atoms with Gasteiger partial charge in [0.05, 0.1) is 5.75 Å². The number of carbonyl (C=O) groups is 1. The second kappa shape index (κ2) is 6.35. The summed E-state index contributed by atoms with van der Waals surface area (Å²) in [5, 5.41) is 9.31. The summed E-state index contributed by atoms with van der Waals surface area (Å²) in [5.41, 5.74) is 1.86. The van der Waals surface area contributed by atoms with Gasteiger partial charge in [0.2, 0.25) is 11.1 Å². The number of fused-ring (bicyclic) bond motifs is 3. The Bertz CT molecular complexity index is 906. The van der Waals surface area contributed by atoms with Crippen LogP contribution in [-0.4, -0.2) is 49.8 Å². The van der Waals surface area contributed by atoms with Gasteiger partial charge in [-0.2, -0.15) is 0 Å². The molecule has 1 aromatic carbocycles. The number of nitrogens with zero attached hydrogens (tertiary/aromatic N) is 4. The minimum Gasteiger partial charge on any atom is -0.342 e. The number of piperidine rings is 1. The van der Waals surface area contributed by atoms with Crippen molar-refractivity contribution in [3.63, 3.8) is 0 Å². The normalized spacial score (nSPS) is 15.3. The van der Waals surface area contributed by atoms with Crippen LogP contribution in [0.2, 0.25) is 0 Å². The lowest BCUT2D eigenvalue weighted by Crippen LogP contribution is -2.36. The molecule has 1 aliphatic heterocycles. The summed E-state index contributed by atoms with van der Waals surface area (Å²) < 4.78 is 13.4. The summed E-state index contributed by atoms with van der Waals surface area (Å²) in [6.07, 6.45) is 3.35. The van der Waals surface area contributed by atoms with Gasteiger partial charge in [0.15, 0.2) is 5.65 Å². The van der Waals surface area contributed by atoms with E-state index in [-0.39, 0.29) is 11.7 Å². The third-order valence-electron chi connectivity index (χ3n) is 4.19. The zero-order valence-corrected chi connectivity index (χ0v) is 13.8. The fourth-order valence-electron chi connectivity index (χ4n) is 2.95. The SMILES string of the molecule is O=C(CSc1nnc2c(n1)[nH]c1ccc(F)cc12)N1CCCCC1. The Hall–Kier alpha value is -2.22. The molecule has 3 aromatic rings. The molecule has 0 bridgehead atoms. The maximum atomic E-state index is 13.4. The molecule has 0 saturated carbocycles. The van der Waals surface area contributed by atoms with Crippen molar-refractivity contribution in [2.24, 2.45) is 0 Å². The molecular weight excluding hydrogens is 329 g/mol. The molecule has 1 saturated heterocycles. The van der Waals surface area contributed by atoms with Crippen LogP contribution in [0.5, 0.6) is 0 Å². The van der Waals surface area contributed by atoms with Crippen LogP contribution in [0.1, 0.15) is 19.3 Å². The van der Waals surface area contributed by atoms with Crippen molar-refractivity contribution >= 4 is 39.7 Å². The quantitative estimate of drug-likeness (QED) is 0.739. The summed E-state index contributed by atoms with van der Waals surface area (Å²) in [5.74, 6) is 0.0973. The molecule has 8 heteroatoms.